The van der Waals surface area contributed by atoms with Gasteiger partial charge in [0, 0.05) is 0 Å². The lowest BCUT2D eigenvalue weighted by Crippen LogP contribution is -2.26. The molecular formula is C14H22O3. The quantitative estimate of drug-likeness (QED) is 0.431. The Morgan fingerprint density at radius 2 is 1.82 bits per heavy atom. The monoisotopic (exact) mass is 238 g/mol. The minimum atomic E-state index is -0.455. The molecule has 1 fully saturated rings. The average molecular weight is 238 g/mol. The molecule has 0 bridgehead atoms. The van der Waals surface area contributed by atoms with Crippen LogP contribution >= 0.6 is 0 Å². The second-order valence-electron chi connectivity index (χ2n) is 6.39. The van der Waals surface area contributed by atoms with E-state index in [1.165, 1.54) is 0 Å². The van der Waals surface area contributed by atoms with Gasteiger partial charge in [0.05, 0.1) is 5.92 Å². The second-order valence-corrected chi connectivity index (χ2v) is 6.39. The number of ether oxygens (including phenoxy) is 1. The highest BCUT2D eigenvalue weighted by molar-refractivity contribution is 5.80. The van der Waals surface area contributed by atoms with Crippen LogP contribution in [-0.2, 0) is 14.3 Å². The summed E-state index contributed by atoms with van der Waals surface area (Å²) in [6.45, 7) is 11.4. The topological polar surface area (TPSA) is 43.4 Å². The van der Waals surface area contributed by atoms with E-state index >= 15 is 0 Å². The van der Waals surface area contributed by atoms with E-state index in [0.29, 0.717) is 5.57 Å². The Bertz CT molecular complexity index is 358. The first kappa shape index (κ1) is 13.9. The van der Waals surface area contributed by atoms with Gasteiger partial charge in [0.2, 0.25) is 0 Å². The number of carbonyl (C=O) groups is 2. The first-order valence-corrected chi connectivity index (χ1v) is 5.96. The van der Waals surface area contributed by atoms with Gasteiger partial charge in [-0.2, -0.15) is 0 Å². The summed E-state index contributed by atoms with van der Waals surface area (Å²) in [5, 5.41) is 0. The van der Waals surface area contributed by atoms with E-state index < -0.39 is 5.60 Å². The SMILES string of the molecule is C/C(C=O)=C\[C@@H]1[C@@H](C(=O)OC(C)(C)C)C1(C)C. The number of rotatable bonds is 3. The number of hydrogen-bond acceptors (Lipinski definition) is 3. The summed E-state index contributed by atoms with van der Waals surface area (Å²) in [7, 11) is 0. The van der Waals surface area contributed by atoms with Crippen molar-refractivity contribution in [3.05, 3.63) is 11.6 Å². The average Bonchev–Trinajstić information content (AvgIpc) is 2.65. The maximum atomic E-state index is 12.0. The van der Waals surface area contributed by atoms with Crippen LogP contribution in [0.5, 0.6) is 0 Å². The summed E-state index contributed by atoms with van der Waals surface area (Å²) in [5.41, 5.74) is 0.116. The van der Waals surface area contributed by atoms with Crippen LogP contribution in [0.3, 0.4) is 0 Å². The van der Waals surface area contributed by atoms with Gasteiger partial charge in [0.15, 0.2) is 0 Å². The Labute approximate surface area is 103 Å². The molecule has 3 heteroatoms. The molecule has 0 heterocycles. The van der Waals surface area contributed by atoms with Crippen molar-refractivity contribution in [2.45, 2.75) is 47.1 Å². The maximum Gasteiger partial charge on any atom is 0.310 e. The lowest BCUT2D eigenvalue weighted by Gasteiger charge is -2.19. The zero-order valence-electron chi connectivity index (χ0n) is 11.5. The van der Waals surface area contributed by atoms with Gasteiger partial charge in [0.1, 0.15) is 11.9 Å². The van der Waals surface area contributed by atoms with E-state index in [1.54, 1.807) is 6.92 Å². The summed E-state index contributed by atoms with van der Waals surface area (Å²) in [5.74, 6) is -0.179. The maximum absolute atomic E-state index is 12.0. The minimum absolute atomic E-state index is 0.105. The smallest absolute Gasteiger partial charge is 0.310 e. The number of allylic oxidation sites excluding steroid dienone is 2. The molecule has 1 aliphatic rings. The highest BCUT2D eigenvalue weighted by Crippen LogP contribution is 2.60. The van der Waals surface area contributed by atoms with Gasteiger partial charge >= 0.3 is 5.97 Å². The predicted octanol–water partition coefficient (Wildman–Crippen LogP) is 2.75. The highest BCUT2D eigenvalue weighted by Gasteiger charge is 2.61. The van der Waals surface area contributed by atoms with Gasteiger partial charge in [-0.15, -0.1) is 0 Å². The van der Waals surface area contributed by atoms with Crippen LogP contribution in [0.2, 0.25) is 0 Å². The number of hydrogen-bond donors (Lipinski definition) is 0. The van der Waals surface area contributed by atoms with E-state index in [9.17, 15) is 9.59 Å². The van der Waals surface area contributed by atoms with E-state index in [2.05, 4.69) is 0 Å². The number of carbonyl (C=O) groups excluding carboxylic acids is 2. The van der Waals surface area contributed by atoms with Gasteiger partial charge in [-0.1, -0.05) is 19.9 Å². The Kier molecular flexibility index (Phi) is 3.51. The summed E-state index contributed by atoms with van der Waals surface area (Å²) in [6, 6.07) is 0. The lowest BCUT2D eigenvalue weighted by molar-refractivity contribution is -0.157. The van der Waals surface area contributed by atoms with Crippen LogP contribution < -0.4 is 0 Å². The summed E-state index contributed by atoms with van der Waals surface area (Å²) in [6.07, 6.45) is 2.70. The Morgan fingerprint density at radius 1 is 1.29 bits per heavy atom. The molecule has 17 heavy (non-hydrogen) atoms. The van der Waals surface area contributed by atoms with Crippen LogP contribution in [0.4, 0.5) is 0 Å². The van der Waals surface area contributed by atoms with Crippen molar-refractivity contribution in [1.82, 2.24) is 0 Å². The summed E-state index contributed by atoms with van der Waals surface area (Å²) in [4.78, 5) is 22.6. The molecule has 0 aliphatic heterocycles. The Hall–Kier alpha value is -1.12. The van der Waals surface area contributed by atoms with Crippen LogP contribution in [0, 0.1) is 17.3 Å². The molecule has 0 N–H and O–H groups in total. The first-order chi connectivity index (χ1) is 7.59. The van der Waals surface area contributed by atoms with Crippen molar-refractivity contribution in [2.24, 2.45) is 17.3 Å². The Morgan fingerprint density at radius 3 is 2.24 bits per heavy atom. The number of esters is 1. The van der Waals surface area contributed by atoms with Crippen molar-refractivity contribution >= 4 is 12.3 Å². The Balaban J connectivity index is 2.75. The van der Waals surface area contributed by atoms with Crippen LogP contribution in [0.15, 0.2) is 11.6 Å². The molecule has 1 rings (SSSR count). The molecule has 1 saturated carbocycles. The predicted molar refractivity (Wildman–Crippen MR) is 66.4 cm³/mol. The molecule has 96 valence electrons. The van der Waals surface area contributed by atoms with E-state index in [1.807, 2.05) is 40.7 Å². The summed E-state index contributed by atoms with van der Waals surface area (Å²) < 4.78 is 5.39. The molecule has 0 unspecified atom stereocenters. The van der Waals surface area contributed by atoms with Gasteiger partial charge in [-0.05, 0) is 44.6 Å². The van der Waals surface area contributed by atoms with Crippen molar-refractivity contribution in [3.63, 3.8) is 0 Å². The molecule has 0 aromatic rings. The minimum Gasteiger partial charge on any atom is -0.460 e. The lowest BCUT2D eigenvalue weighted by atomic mass is 10.1. The molecule has 2 atom stereocenters. The van der Waals surface area contributed by atoms with E-state index in [4.69, 9.17) is 4.74 Å². The fourth-order valence-corrected chi connectivity index (χ4v) is 2.13. The normalized spacial score (nSPS) is 27.5. The molecule has 1 aliphatic carbocycles. The van der Waals surface area contributed by atoms with Gasteiger partial charge in [-0.25, -0.2) is 0 Å². The van der Waals surface area contributed by atoms with Crippen LogP contribution in [-0.4, -0.2) is 17.9 Å². The molecular weight excluding hydrogens is 216 g/mol. The zero-order chi connectivity index (χ0) is 13.4. The van der Waals surface area contributed by atoms with Crippen molar-refractivity contribution in [2.75, 3.05) is 0 Å². The van der Waals surface area contributed by atoms with Gasteiger partial charge < -0.3 is 4.74 Å². The largest absolute Gasteiger partial charge is 0.460 e. The van der Waals surface area contributed by atoms with Gasteiger partial charge in [0.25, 0.3) is 0 Å². The van der Waals surface area contributed by atoms with Crippen molar-refractivity contribution < 1.29 is 14.3 Å². The molecule has 0 aromatic carbocycles. The highest BCUT2D eigenvalue weighted by atomic mass is 16.6. The molecule has 0 saturated heterocycles. The van der Waals surface area contributed by atoms with Crippen LogP contribution in [0.1, 0.15) is 41.5 Å². The third kappa shape index (κ3) is 3.18. The number of aldehydes is 1. The summed E-state index contributed by atoms with van der Waals surface area (Å²) >= 11 is 0. The van der Waals surface area contributed by atoms with Crippen molar-refractivity contribution in [3.8, 4) is 0 Å². The second kappa shape index (κ2) is 4.28. The van der Waals surface area contributed by atoms with E-state index in [-0.39, 0.29) is 23.2 Å². The molecule has 0 aromatic heterocycles. The third-order valence-corrected chi connectivity index (χ3v) is 3.20. The standard InChI is InChI=1S/C14H22O3/c1-9(8-15)7-10-11(14(10,5)6)12(16)17-13(2,3)4/h7-8,10-11H,1-6H3/b9-7+/t10-,11+/m1/s1. The first-order valence-electron chi connectivity index (χ1n) is 5.96. The molecule has 0 amide bonds. The van der Waals surface area contributed by atoms with E-state index in [0.717, 1.165) is 6.29 Å². The fourth-order valence-electron chi connectivity index (χ4n) is 2.13. The van der Waals surface area contributed by atoms with Crippen LogP contribution in [0.25, 0.3) is 0 Å². The van der Waals surface area contributed by atoms with Gasteiger partial charge in [-0.3, -0.25) is 9.59 Å². The van der Waals surface area contributed by atoms with Crippen molar-refractivity contribution in [1.29, 1.82) is 0 Å². The molecule has 0 radical (unpaired) electrons. The molecule has 0 spiro atoms. The molecule has 3 nitrogen and oxygen atoms in total. The third-order valence-electron chi connectivity index (χ3n) is 3.20. The zero-order valence-corrected chi connectivity index (χ0v) is 11.5. The fraction of sp³-hybridized carbons (Fsp3) is 0.714.